The van der Waals surface area contributed by atoms with Gasteiger partial charge in [-0.05, 0) is 25.5 Å². The van der Waals surface area contributed by atoms with Crippen molar-refractivity contribution in [3.05, 3.63) is 18.3 Å². The summed E-state index contributed by atoms with van der Waals surface area (Å²) in [4.78, 5) is 3.97. The summed E-state index contributed by atoms with van der Waals surface area (Å²) in [6, 6.07) is 3.31. The van der Waals surface area contributed by atoms with E-state index in [2.05, 4.69) is 10.3 Å². The molecule has 0 unspecified atom stereocenters. The lowest BCUT2D eigenvalue weighted by molar-refractivity contribution is 0.432. The Kier molecular flexibility index (Phi) is 4.84. The quantitative estimate of drug-likeness (QED) is 0.852. The number of nitrogens with one attached hydrogen (secondary N) is 1. The molecule has 1 aliphatic rings. The lowest BCUT2D eigenvalue weighted by Crippen LogP contribution is -2.34. The van der Waals surface area contributed by atoms with E-state index in [1.807, 2.05) is 6.92 Å². The van der Waals surface area contributed by atoms with Crippen LogP contribution in [0.25, 0.3) is 0 Å². The Bertz CT molecular complexity index is 701. The standard InChI is InChI=1S/C12H19N3O4S2/c1-2-13-11-5-3-6-14-12(11)21(18,19)15-7-4-9-20(16,17)10-8-15/h3,5-6,13H,2,4,7-10H2,1H3. The summed E-state index contributed by atoms with van der Waals surface area (Å²) in [5.74, 6) is -0.114. The highest BCUT2D eigenvalue weighted by molar-refractivity contribution is 7.91. The number of anilines is 1. The number of sulfonamides is 1. The van der Waals surface area contributed by atoms with Crippen molar-refractivity contribution in [1.29, 1.82) is 0 Å². The van der Waals surface area contributed by atoms with E-state index < -0.39 is 19.9 Å². The van der Waals surface area contributed by atoms with Crippen LogP contribution in [0.15, 0.2) is 23.4 Å². The fourth-order valence-corrected chi connectivity index (χ4v) is 5.14. The van der Waals surface area contributed by atoms with Gasteiger partial charge in [-0.3, -0.25) is 0 Å². The van der Waals surface area contributed by atoms with Gasteiger partial charge in [0, 0.05) is 25.8 Å². The van der Waals surface area contributed by atoms with E-state index in [9.17, 15) is 16.8 Å². The zero-order valence-electron chi connectivity index (χ0n) is 11.8. The van der Waals surface area contributed by atoms with Crippen LogP contribution in [0.2, 0.25) is 0 Å². The molecule has 0 saturated carbocycles. The Hall–Kier alpha value is -1.19. The molecule has 0 bridgehead atoms. The summed E-state index contributed by atoms with van der Waals surface area (Å²) in [5.41, 5.74) is 0.437. The first kappa shape index (κ1) is 16.2. The highest BCUT2D eigenvalue weighted by Gasteiger charge is 2.31. The molecule has 0 aliphatic carbocycles. The number of rotatable bonds is 4. The molecule has 1 aliphatic heterocycles. The van der Waals surface area contributed by atoms with Gasteiger partial charge in [-0.2, -0.15) is 4.31 Å². The molecule has 0 radical (unpaired) electrons. The van der Waals surface area contributed by atoms with Gasteiger partial charge in [0.15, 0.2) is 14.9 Å². The summed E-state index contributed by atoms with van der Waals surface area (Å²) in [6.45, 7) is 2.61. The minimum atomic E-state index is -3.79. The van der Waals surface area contributed by atoms with Crippen LogP contribution >= 0.6 is 0 Å². The number of hydrogen-bond donors (Lipinski definition) is 1. The van der Waals surface area contributed by atoms with Crippen molar-refractivity contribution in [2.75, 3.05) is 36.5 Å². The molecule has 0 atom stereocenters. The first-order valence-electron chi connectivity index (χ1n) is 6.76. The highest BCUT2D eigenvalue weighted by atomic mass is 32.2. The molecule has 2 rings (SSSR count). The molecule has 1 aromatic heterocycles. The van der Waals surface area contributed by atoms with Gasteiger partial charge in [0.2, 0.25) is 0 Å². The van der Waals surface area contributed by atoms with Crippen LogP contribution in [0.1, 0.15) is 13.3 Å². The Morgan fingerprint density at radius 3 is 2.81 bits per heavy atom. The minimum Gasteiger partial charge on any atom is -0.383 e. The van der Waals surface area contributed by atoms with E-state index in [1.165, 1.54) is 10.5 Å². The smallest absolute Gasteiger partial charge is 0.262 e. The average Bonchev–Trinajstić information content (AvgIpc) is 2.61. The normalized spacial score (nSPS) is 19.9. The van der Waals surface area contributed by atoms with Crippen LogP contribution in [0.5, 0.6) is 0 Å². The molecule has 118 valence electrons. The molecular weight excluding hydrogens is 314 g/mol. The second-order valence-corrected chi connectivity index (χ2v) is 8.95. The zero-order chi connectivity index (χ0) is 15.5. The Balaban J connectivity index is 2.34. The summed E-state index contributed by atoms with van der Waals surface area (Å²) in [6.07, 6.45) is 1.73. The van der Waals surface area contributed by atoms with Gasteiger partial charge in [-0.25, -0.2) is 21.8 Å². The highest BCUT2D eigenvalue weighted by Crippen LogP contribution is 2.23. The fraction of sp³-hybridized carbons (Fsp3) is 0.583. The van der Waals surface area contributed by atoms with E-state index >= 15 is 0 Å². The number of aromatic nitrogens is 1. The van der Waals surface area contributed by atoms with Crippen molar-refractivity contribution in [2.45, 2.75) is 18.4 Å². The van der Waals surface area contributed by atoms with Crippen LogP contribution in [0.3, 0.4) is 0 Å². The molecule has 9 heteroatoms. The molecule has 2 heterocycles. The molecular formula is C12H19N3O4S2. The third kappa shape index (κ3) is 3.72. The van der Waals surface area contributed by atoms with E-state index in [0.717, 1.165) is 0 Å². The number of pyridine rings is 1. The Morgan fingerprint density at radius 1 is 1.33 bits per heavy atom. The Morgan fingerprint density at radius 2 is 2.10 bits per heavy atom. The number of nitrogens with zero attached hydrogens (tertiary/aromatic N) is 2. The topological polar surface area (TPSA) is 96.4 Å². The van der Waals surface area contributed by atoms with Crippen LogP contribution in [-0.2, 0) is 19.9 Å². The van der Waals surface area contributed by atoms with Crippen LogP contribution < -0.4 is 5.32 Å². The lowest BCUT2D eigenvalue weighted by Gasteiger charge is -2.20. The molecule has 21 heavy (non-hydrogen) atoms. The van der Waals surface area contributed by atoms with E-state index in [-0.39, 0.29) is 29.6 Å². The van der Waals surface area contributed by atoms with Crippen molar-refractivity contribution < 1.29 is 16.8 Å². The lowest BCUT2D eigenvalue weighted by atomic mass is 10.4. The van der Waals surface area contributed by atoms with Crippen molar-refractivity contribution in [3.8, 4) is 0 Å². The molecule has 7 nitrogen and oxygen atoms in total. The van der Waals surface area contributed by atoms with Crippen molar-refractivity contribution in [1.82, 2.24) is 9.29 Å². The minimum absolute atomic E-state index is 0.0210. The van der Waals surface area contributed by atoms with Gasteiger partial charge in [0.05, 0.1) is 17.2 Å². The summed E-state index contributed by atoms with van der Waals surface area (Å²) >= 11 is 0. The first-order chi connectivity index (χ1) is 9.87. The van der Waals surface area contributed by atoms with Crippen LogP contribution in [-0.4, -0.2) is 57.3 Å². The zero-order valence-corrected chi connectivity index (χ0v) is 13.5. The number of hydrogen-bond acceptors (Lipinski definition) is 6. The molecule has 0 spiro atoms. The third-order valence-corrected chi connectivity index (χ3v) is 6.81. The molecule has 1 saturated heterocycles. The summed E-state index contributed by atoms with van der Waals surface area (Å²) < 4.78 is 49.8. The predicted octanol–water partition coefficient (Wildman–Crippen LogP) is 0.323. The summed E-state index contributed by atoms with van der Waals surface area (Å²) in [7, 11) is -6.95. The number of sulfone groups is 1. The molecule has 1 N–H and O–H groups in total. The predicted molar refractivity (Wildman–Crippen MR) is 80.4 cm³/mol. The van der Waals surface area contributed by atoms with Crippen LogP contribution in [0.4, 0.5) is 5.69 Å². The Labute approximate surface area is 125 Å². The maximum Gasteiger partial charge on any atom is 0.262 e. The maximum atomic E-state index is 12.7. The molecule has 1 aromatic rings. The average molecular weight is 333 g/mol. The molecule has 1 fully saturated rings. The van der Waals surface area contributed by atoms with E-state index in [0.29, 0.717) is 18.7 Å². The van der Waals surface area contributed by atoms with Gasteiger partial charge in [0.25, 0.3) is 10.0 Å². The fourth-order valence-electron chi connectivity index (χ4n) is 2.20. The molecule has 0 aromatic carbocycles. The third-order valence-electron chi connectivity index (χ3n) is 3.24. The van der Waals surface area contributed by atoms with Gasteiger partial charge in [0.1, 0.15) is 0 Å². The largest absolute Gasteiger partial charge is 0.383 e. The van der Waals surface area contributed by atoms with E-state index in [4.69, 9.17) is 0 Å². The van der Waals surface area contributed by atoms with Crippen LogP contribution in [0, 0.1) is 0 Å². The SMILES string of the molecule is CCNc1cccnc1S(=O)(=O)N1CCCS(=O)(=O)CC1. The monoisotopic (exact) mass is 333 g/mol. The van der Waals surface area contributed by atoms with Crippen molar-refractivity contribution in [2.24, 2.45) is 0 Å². The second kappa shape index (κ2) is 6.29. The van der Waals surface area contributed by atoms with Crippen molar-refractivity contribution in [3.63, 3.8) is 0 Å². The van der Waals surface area contributed by atoms with Gasteiger partial charge >= 0.3 is 0 Å². The maximum absolute atomic E-state index is 12.7. The van der Waals surface area contributed by atoms with Gasteiger partial charge in [-0.1, -0.05) is 0 Å². The van der Waals surface area contributed by atoms with Gasteiger partial charge < -0.3 is 5.32 Å². The first-order valence-corrected chi connectivity index (χ1v) is 10.0. The second-order valence-electron chi connectivity index (χ2n) is 4.80. The van der Waals surface area contributed by atoms with Gasteiger partial charge in [-0.15, -0.1) is 0 Å². The van der Waals surface area contributed by atoms with E-state index in [1.54, 1.807) is 12.1 Å². The molecule has 0 amide bonds. The van der Waals surface area contributed by atoms with Crippen molar-refractivity contribution >= 4 is 25.5 Å². The summed E-state index contributed by atoms with van der Waals surface area (Å²) in [5, 5.41) is 2.92.